The summed E-state index contributed by atoms with van der Waals surface area (Å²) >= 11 is 1.49. The Morgan fingerprint density at radius 1 is 1.56 bits per heavy atom. The van der Waals surface area contributed by atoms with E-state index in [0.29, 0.717) is 12.3 Å². The van der Waals surface area contributed by atoms with E-state index in [-0.39, 0.29) is 5.92 Å². The van der Waals surface area contributed by atoms with Crippen LogP contribution in [0.4, 0.5) is 0 Å². The number of carboxylic acid groups (broad SMARTS) is 1. The van der Waals surface area contributed by atoms with Gasteiger partial charge in [-0.1, -0.05) is 13.0 Å². The third kappa shape index (κ3) is 2.13. The quantitative estimate of drug-likeness (QED) is 0.853. The van der Waals surface area contributed by atoms with Crippen molar-refractivity contribution in [2.75, 3.05) is 0 Å². The number of hydrogen-bond acceptors (Lipinski definition) is 3. The molecular formula is C12H16O3S. The Hall–Kier alpha value is -0.870. The Kier molecular flexibility index (Phi) is 3.30. The van der Waals surface area contributed by atoms with Crippen LogP contribution < -0.4 is 0 Å². The maximum Gasteiger partial charge on any atom is 0.306 e. The van der Waals surface area contributed by atoms with Gasteiger partial charge in [0.25, 0.3) is 0 Å². The minimum Gasteiger partial charge on any atom is -0.481 e. The topological polar surface area (TPSA) is 57.5 Å². The van der Waals surface area contributed by atoms with Crippen molar-refractivity contribution in [1.29, 1.82) is 0 Å². The van der Waals surface area contributed by atoms with Crippen LogP contribution in [0.3, 0.4) is 0 Å². The Morgan fingerprint density at radius 3 is 2.88 bits per heavy atom. The number of rotatable bonds is 3. The van der Waals surface area contributed by atoms with Gasteiger partial charge in [0.2, 0.25) is 0 Å². The lowest BCUT2D eigenvalue weighted by atomic mass is 9.90. The van der Waals surface area contributed by atoms with E-state index in [1.54, 1.807) is 0 Å². The van der Waals surface area contributed by atoms with Gasteiger partial charge in [-0.25, -0.2) is 0 Å². The molecule has 88 valence electrons. The van der Waals surface area contributed by atoms with Crippen LogP contribution in [0.15, 0.2) is 17.5 Å². The van der Waals surface area contributed by atoms with Crippen LogP contribution in [0.25, 0.3) is 0 Å². The number of thiophene rings is 1. The third-order valence-corrected chi connectivity index (χ3v) is 4.35. The van der Waals surface area contributed by atoms with E-state index in [2.05, 4.69) is 6.92 Å². The molecule has 1 aromatic rings. The summed E-state index contributed by atoms with van der Waals surface area (Å²) in [7, 11) is 0. The number of carbonyl (C=O) groups is 1. The lowest BCUT2D eigenvalue weighted by Crippen LogP contribution is -2.23. The van der Waals surface area contributed by atoms with Gasteiger partial charge in [0.05, 0.1) is 12.0 Å². The molecule has 0 amide bonds. The molecule has 4 heteroatoms. The second-order valence-electron chi connectivity index (χ2n) is 4.65. The van der Waals surface area contributed by atoms with E-state index in [0.717, 1.165) is 11.3 Å². The summed E-state index contributed by atoms with van der Waals surface area (Å²) in [5, 5.41) is 21.2. The van der Waals surface area contributed by atoms with Gasteiger partial charge in [0.1, 0.15) is 0 Å². The minimum absolute atomic E-state index is 0.133. The molecular weight excluding hydrogens is 224 g/mol. The monoisotopic (exact) mass is 240 g/mol. The fraction of sp³-hybridized carbons (Fsp3) is 0.583. The standard InChI is InChI=1S/C12H16O3S/c1-7-5-8(9(6-7)12(14)15)11(13)10-3-2-4-16-10/h2-4,7-9,11,13H,5-6H2,1H3,(H,14,15). The average Bonchev–Trinajstić information content (AvgIpc) is 2.84. The summed E-state index contributed by atoms with van der Waals surface area (Å²) in [6, 6.07) is 3.76. The van der Waals surface area contributed by atoms with Crippen LogP contribution in [0, 0.1) is 17.8 Å². The van der Waals surface area contributed by atoms with Gasteiger partial charge >= 0.3 is 5.97 Å². The summed E-state index contributed by atoms with van der Waals surface area (Å²) in [6.07, 6.45) is 0.865. The lowest BCUT2D eigenvalue weighted by molar-refractivity contribution is -0.144. The summed E-state index contributed by atoms with van der Waals surface area (Å²) in [5.41, 5.74) is 0. The molecule has 4 unspecified atom stereocenters. The Balaban J connectivity index is 2.16. The fourth-order valence-electron chi connectivity index (χ4n) is 2.64. The van der Waals surface area contributed by atoms with Gasteiger partial charge in [-0.05, 0) is 30.2 Å². The van der Waals surface area contributed by atoms with Crippen molar-refractivity contribution < 1.29 is 15.0 Å². The van der Waals surface area contributed by atoms with E-state index >= 15 is 0 Å². The van der Waals surface area contributed by atoms with Crippen molar-refractivity contribution in [2.45, 2.75) is 25.9 Å². The highest BCUT2D eigenvalue weighted by Crippen LogP contribution is 2.44. The predicted octanol–water partition coefficient (Wildman–Crippen LogP) is 2.53. The number of hydrogen-bond donors (Lipinski definition) is 2. The molecule has 1 saturated carbocycles. The summed E-state index contributed by atoms with van der Waals surface area (Å²) in [6.45, 7) is 2.05. The molecule has 0 bridgehead atoms. The van der Waals surface area contributed by atoms with Gasteiger partial charge in [-0.15, -0.1) is 11.3 Å². The van der Waals surface area contributed by atoms with Crippen LogP contribution in [-0.4, -0.2) is 16.2 Å². The van der Waals surface area contributed by atoms with Gasteiger partial charge in [-0.3, -0.25) is 4.79 Å². The maximum absolute atomic E-state index is 11.1. The highest BCUT2D eigenvalue weighted by molar-refractivity contribution is 7.10. The van der Waals surface area contributed by atoms with Crippen LogP contribution in [0.2, 0.25) is 0 Å². The van der Waals surface area contributed by atoms with Crippen LogP contribution >= 0.6 is 11.3 Å². The number of carboxylic acids is 1. The normalized spacial score (nSPS) is 31.5. The van der Waals surface area contributed by atoms with Gasteiger partial charge in [0, 0.05) is 10.8 Å². The van der Waals surface area contributed by atoms with Gasteiger partial charge in [-0.2, -0.15) is 0 Å². The smallest absolute Gasteiger partial charge is 0.306 e. The van der Waals surface area contributed by atoms with Crippen molar-refractivity contribution in [2.24, 2.45) is 17.8 Å². The number of aliphatic carboxylic acids is 1. The molecule has 2 rings (SSSR count). The number of aliphatic hydroxyl groups excluding tert-OH is 1. The molecule has 1 heterocycles. The largest absolute Gasteiger partial charge is 0.481 e. The summed E-state index contributed by atoms with van der Waals surface area (Å²) < 4.78 is 0. The van der Waals surface area contributed by atoms with Crippen LogP contribution in [0.5, 0.6) is 0 Å². The molecule has 1 aliphatic carbocycles. The Labute approximate surface area is 98.7 Å². The molecule has 4 atom stereocenters. The molecule has 3 nitrogen and oxygen atoms in total. The zero-order valence-electron chi connectivity index (χ0n) is 9.17. The van der Waals surface area contributed by atoms with Gasteiger partial charge < -0.3 is 10.2 Å². The lowest BCUT2D eigenvalue weighted by Gasteiger charge is -2.21. The first-order chi connectivity index (χ1) is 7.59. The molecule has 0 spiro atoms. The molecule has 0 saturated heterocycles. The fourth-order valence-corrected chi connectivity index (χ4v) is 3.42. The highest BCUT2D eigenvalue weighted by atomic mass is 32.1. The molecule has 0 radical (unpaired) electrons. The Morgan fingerprint density at radius 2 is 2.31 bits per heavy atom. The van der Waals surface area contributed by atoms with Crippen molar-refractivity contribution in [3.8, 4) is 0 Å². The molecule has 0 aromatic carbocycles. The molecule has 1 aliphatic rings. The predicted molar refractivity (Wildman–Crippen MR) is 62.3 cm³/mol. The zero-order valence-corrected chi connectivity index (χ0v) is 9.98. The second-order valence-corrected chi connectivity index (χ2v) is 5.62. The van der Waals surface area contributed by atoms with E-state index in [9.17, 15) is 9.90 Å². The van der Waals surface area contributed by atoms with Crippen LogP contribution in [-0.2, 0) is 4.79 Å². The molecule has 1 aromatic heterocycles. The van der Waals surface area contributed by atoms with E-state index in [1.807, 2.05) is 17.5 Å². The first-order valence-electron chi connectivity index (χ1n) is 5.54. The first kappa shape index (κ1) is 11.6. The molecule has 2 N–H and O–H groups in total. The number of aliphatic hydroxyl groups is 1. The minimum atomic E-state index is -0.773. The molecule has 16 heavy (non-hydrogen) atoms. The van der Waals surface area contributed by atoms with Crippen molar-refractivity contribution in [1.82, 2.24) is 0 Å². The molecule has 1 fully saturated rings. The average molecular weight is 240 g/mol. The SMILES string of the molecule is CC1CC(C(=O)O)C(C(O)c2cccs2)C1. The van der Waals surface area contributed by atoms with E-state index in [1.165, 1.54) is 11.3 Å². The summed E-state index contributed by atoms with van der Waals surface area (Å²) in [4.78, 5) is 12.0. The third-order valence-electron chi connectivity index (χ3n) is 3.41. The van der Waals surface area contributed by atoms with Crippen molar-refractivity contribution in [3.63, 3.8) is 0 Å². The first-order valence-corrected chi connectivity index (χ1v) is 6.42. The molecule has 0 aliphatic heterocycles. The van der Waals surface area contributed by atoms with E-state index < -0.39 is 18.0 Å². The maximum atomic E-state index is 11.1. The van der Waals surface area contributed by atoms with Gasteiger partial charge in [0.15, 0.2) is 0 Å². The second kappa shape index (κ2) is 4.55. The zero-order chi connectivity index (χ0) is 11.7. The van der Waals surface area contributed by atoms with E-state index in [4.69, 9.17) is 5.11 Å². The van der Waals surface area contributed by atoms with Crippen molar-refractivity contribution >= 4 is 17.3 Å². The van der Waals surface area contributed by atoms with Crippen LogP contribution in [0.1, 0.15) is 30.7 Å². The Bertz CT molecular complexity index is 360. The highest BCUT2D eigenvalue weighted by Gasteiger charge is 2.41. The summed E-state index contributed by atoms with van der Waals surface area (Å²) in [5.74, 6) is -0.913. The van der Waals surface area contributed by atoms with Crippen molar-refractivity contribution in [3.05, 3.63) is 22.4 Å².